The number of anilines is 3. The summed E-state index contributed by atoms with van der Waals surface area (Å²) in [5.74, 6) is 0.280. The first-order valence-electron chi connectivity index (χ1n) is 14.6. The number of alkyl halides is 3. The smallest absolute Gasteiger partial charge is 0.381 e. The molecule has 5 aromatic rings. The predicted octanol–water partition coefficient (Wildman–Crippen LogP) is 8.00. The van der Waals surface area contributed by atoms with E-state index in [0.717, 1.165) is 53.1 Å². The number of rotatable bonds is 7. The molecule has 7 nitrogen and oxygen atoms in total. The third kappa shape index (κ3) is 6.20. The van der Waals surface area contributed by atoms with Gasteiger partial charge in [0.2, 0.25) is 5.95 Å². The molecular weight excluding hydrogens is 585 g/mol. The van der Waals surface area contributed by atoms with Crippen LogP contribution in [0.5, 0.6) is 0 Å². The van der Waals surface area contributed by atoms with Gasteiger partial charge in [0.15, 0.2) is 0 Å². The predicted molar refractivity (Wildman–Crippen MR) is 172 cm³/mol. The van der Waals surface area contributed by atoms with Gasteiger partial charge >= 0.3 is 6.18 Å². The second kappa shape index (κ2) is 12.0. The lowest BCUT2D eigenvalue weighted by Crippen LogP contribution is -2.38. The van der Waals surface area contributed by atoms with Gasteiger partial charge < -0.3 is 16.0 Å². The molecule has 228 valence electrons. The number of piperidine rings is 1. The number of hydrogen-bond donors (Lipinski definition) is 3. The van der Waals surface area contributed by atoms with E-state index >= 15 is 0 Å². The maximum Gasteiger partial charge on any atom is 0.417 e. The molecule has 1 aliphatic rings. The number of benzene rings is 2. The van der Waals surface area contributed by atoms with Crippen molar-refractivity contribution in [3.63, 3.8) is 0 Å². The van der Waals surface area contributed by atoms with Crippen LogP contribution in [0, 0.1) is 6.92 Å². The molecule has 1 aliphatic heterocycles. The molecule has 0 amide bonds. The van der Waals surface area contributed by atoms with Crippen molar-refractivity contribution in [3.8, 4) is 21.6 Å². The SMILES string of the molecule is Cc1ccc(-c2ccc(-c3cc4cnc(Nc5ccc(NC6CCCNC6)cc5)nc4n(C(C)C)c3=O)c(C(F)(F)F)c2)s1. The van der Waals surface area contributed by atoms with Crippen molar-refractivity contribution in [2.24, 2.45) is 0 Å². The number of hydrogen-bond acceptors (Lipinski definition) is 7. The van der Waals surface area contributed by atoms with Gasteiger partial charge in [-0.25, -0.2) is 4.98 Å². The third-order valence-corrected chi connectivity index (χ3v) is 8.79. The van der Waals surface area contributed by atoms with Crippen LogP contribution < -0.4 is 21.5 Å². The number of pyridine rings is 1. The molecule has 1 unspecified atom stereocenters. The summed E-state index contributed by atoms with van der Waals surface area (Å²) in [6, 6.07) is 17.1. The van der Waals surface area contributed by atoms with Crippen LogP contribution in [0.1, 0.15) is 43.2 Å². The Bertz CT molecular complexity index is 1860. The fourth-order valence-corrected chi connectivity index (χ4v) is 6.46. The van der Waals surface area contributed by atoms with Gasteiger partial charge in [-0.2, -0.15) is 18.2 Å². The minimum atomic E-state index is -4.66. The molecule has 3 aromatic heterocycles. The highest BCUT2D eigenvalue weighted by atomic mass is 32.1. The average molecular weight is 619 g/mol. The van der Waals surface area contributed by atoms with Crippen LogP contribution in [-0.2, 0) is 6.18 Å². The maximum atomic E-state index is 14.4. The summed E-state index contributed by atoms with van der Waals surface area (Å²) < 4.78 is 44.6. The summed E-state index contributed by atoms with van der Waals surface area (Å²) >= 11 is 1.42. The van der Waals surface area contributed by atoms with Crippen molar-refractivity contribution in [2.45, 2.75) is 51.9 Å². The quantitative estimate of drug-likeness (QED) is 0.171. The minimum absolute atomic E-state index is 0.0481. The van der Waals surface area contributed by atoms with E-state index in [1.165, 1.54) is 34.2 Å². The van der Waals surface area contributed by atoms with Gasteiger partial charge in [0.1, 0.15) is 5.65 Å². The van der Waals surface area contributed by atoms with E-state index in [0.29, 0.717) is 22.6 Å². The van der Waals surface area contributed by atoms with Crippen LogP contribution >= 0.6 is 11.3 Å². The van der Waals surface area contributed by atoms with Gasteiger partial charge in [0.05, 0.1) is 5.56 Å². The van der Waals surface area contributed by atoms with E-state index in [4.69, 9.17) is 0 Å². The molecule has 0 saturated carbocycles. The van der Waals surface area contributed by atoms with E-state index in [-0.39, 0.29) is 23.1 Å². The molecule has 2 aromatic carbocycles. The van der Waals surface area contributed by atoms with Crippen LogP contribution in [0.2, 0.25) is 0 Å². The summed E-state index contributed by atoms with van der Waals surface area (Å²) in [4.78, 5) is 24.6. The molecule has 0 bridgehead atoms. The largest absolute Gasteiger partial charge is 0.417 e. The summed E-state index contributed by atoms with van der Waals surface area (Å²) in [5, 5.41) is 10.6. The second-order valence-corrected chi connectivity index (χ2v) is 12.6. The number of aryl methyl sites for hydroxylation is 1. The first kappa shape index (κ1) is 29.8. The molecule has 1 fully saturated rings. The van der Waals surface area contributed by atoms with E-state index in [2.05, 4.69) is 25.9 Å². The van der Waals surface area contributed by atoms with Gasteiger partial charge in [-0.05, 0) is 99.8 Å². The highest BCUT2D eigenvalue weighted by Gasteiger charge is 2.35. The number of halogens is 3. The lowest BCUT2D eigenvalue weighted by molar-refractivity contribution is -0.137. The molecule has 44 heavy (non-hydrogen) atoms. The van der Waals surface area contributed by atoms with Crippen molar-refractivity contribution >= 4 is 39.7 Å². The van der Waals surface area contributed by atoms with Gasteiger partial charge in [0, 0.05) is 56.9 Å². The number of fused-ring (bicyclic) bond motifs is 1. The van der Waals surface area contributed by atoms with Crippen LogP contribution in [0.3, 0.4) is 0 Å². The third-order valence-electron chi connectivity index (χ3n) is 7.74. The Morgan fingerprint density at radius 1 is 1.02 bits per heavy atom. The summed E-state index contributed by atoms with van der Waals surface area (Å²) in [5.41, 5.74) is 0.958. The van der Waals surface area contributed by atoms with Crippen molar-refractivity contribution < 1.29 is 13.2 Å². The van der Waals surface area contributed by atoms with Crippen LogP contribution in [0.4, 0.5) is 30.5 Å². The minimum Gasteiger partial charge on any atom is -0.381 e. The molecule has 4 heterocycles. The van der Waals surface area contributed by atoms with Crippen molar-refractivity contribution in [2.75, 3.05) is 23.7 Å². The van der Waals surface area contributed by atoms with Gasteiger partial charge in [-0.15, -0.1) is 11.3 Å². The molecule has 3 N–H and O–H groups in total. The zero-order valence-electron chi connectivity index (χ0n) is 24.6. The van der Waals surface area contributed by atoms with E-state index < -0.39 is 17.3 Å². The molecule has 0 spiro atoms. The Kier molecular flexibility index (Phi) is 8.17. The molecule has 6 rings (SSSR count). The zero-order valence-corrected chi connectivity index (χ0v) is 25.4. The number of nitrogens with zero attached hydrogens (tertiary/aromatic N) is 3. The van der Waals surface area contributed by atoms with Gasteiger partial charge in [0.25, 0.3) is 5.56 Å². The van der Waals surface area contributed by atoms with E-state index in [1.807, 2.05) is 37.3 Å². The highest BCUT2D eigenvalue weighted by molar-refractivity contribution is 7.15. The fraction of sp³-hybridized carbons (Fsp3) is 0.303. The summed E-state index contributed by atoms with van der Waals surface area (Å²) in [6.45, 7) is 7.50. The Hall–Kier alpha value is -4.22. The Morgan fingerprint density at radius 2 is 1.80 bits per heavy atom. The first-order chi connectivity index (χ1) is 21.1. The molecule has 11 heteroatoms. The number of nitrogens with one attached hydrogen (secondary N) is 3. The van der Waals surface area contributed by atoms with Gasteiger partial charge in [-0.3, -0.25) is 9.36 Å². The zero-order chi connectivity index (χ0) is 31.0. The summed E-state index contributed by atoms with van der Waals surface area (Å²) in [7, 11) is 0. The standard InChI is InChI=1S/C33H33F3N6OS/c1-19(2)42-30-22(17-38-32(41-30)40-24-10-8-23(9-11-24)39-25-5-4-14-37-18-25)15-27(31(42)43)26-12-7-21(16-28(26)33(34,35)36)29-13-6-20(3)44-29/h6-13,15-17,19,25,37,39H,4-5,14,18H2,1-3H3,(H,38,40,41). The Morgan fingerprint density at radius 3 is 2.45 bits per heavy atom. The highest BCUT2D eigenvalue weighted by Crippen LogP contribution is 2.40. The van der Waals surface area contributed by atoms with Crippen LogP contribution in [0.15, 0.2) is 71.7 Å². The molecule has 0 radical (unpaired) electrons. The van der Waals surface area contributed by atoms with Crippen molar-refractivity contribution in [3.05, 3.63) is 87.7 Å². The molecule has 0 aliphatic carbocycles. The monoisotopic (exact) mass is 618 g/mol. The normalized spacial score (nSPS) is 15.6. The fourth-order valence-electron chi connectivity index (χ4n) is 5.60. The van der Waals surface area contributed by atoms with Crippen LogP contribution in [0.25, 0.3) is 32.6 Å². The molecule has 1 atom stereocenters. The molecular formula is C33H33F3N6OS. The number of thiophene rings is 1. The van der Waals surface area contributed by atoms with Gasteiger partial charge in [-0.1, -0.05) is 12.1 Å². The maximum absolute atomic E-state index is 14.4. The lowest BCUT2D eigenvalue weighted by atomic mass is 9.96. The number of aromatic nitrogens is 3. The lowest BCUT2D eigenvalue weighted by Gasteiger charge is -2.24. The van der Waals surface area contributed by atoms with E-state index in [1.54, 1.807) is 26.0 Å². The van der Waals surface area contributed by atoms with E-state index in [9.17, 15) is 18.0 Å². The Labute approximate surface area is 257 Å². The average Bonchev–Trinajstić information content (AvgIpc) is 3.43. The van der Waals surface area contributed by atoms with Crippen molar-refractivity contribution in [1.82, 2.24) is 19.9 Å². The first-order valence-corrected chi connectivity index (χ1v) is 15.4. The topological polar surface area (TPSA) is 83.9 Å². The summed E-state index contributed by atoms with van der Waals surface area (Å²) in [6.07, 6.45) is -0.863. The van der Waals surface area contributed by atoms with Crippen molar-refractivity contribution in [1.29, 1.82) is 0 Å². The second-order valence-electron chi connectivity index (χ2n) is 11.4. The van der Waals surface area contributed by atoms with Crippen LogP contribution in [-0.4, -0.2) is 33.7 Å². The Balaban J connectivity index is 1.35. The molecule has 1 saturated heterocycles.